The number of hydrogen-bond donors (Lipinski definition) is 0. The summed E-state index contributed by atoms with van der Waals surface area (Å²) in [6, 6.07) is 16.3. The first kappa shape index (κ1) is 15.3. The van der Waals surface area contributed by atoms with Gasteiger partial charge in [-0.25, -0.2) is 9.97 Å². The molecule has 4 saturated carbocycles. The molecular weight excluding hydrogens is 348 g/mol. The topological polar surface area (TPSA) is 52.1 Å². The van der Waals surface area contributed by atoms with E-state index < -0.39 is 0 Å². The summed E-state index contributed by atoms with van der Waals surface area (Å²) in [4.78, 5) is 9.91. The Bertz CT molecular complexity index is 1050. The Balaban J connectivity index is 1.38. The normalized spacial score (nSPS) is 33.9. The first-order chi connectivity index (χ1) is 13.7. The molecular formula is C24H22N2O2. The SMILES string of the molecule is c1ccc2oc(C34CC5CC(C3)CC(c3nc6ccccc6o3)(C5)C4)nc2c1. The van der Waals surface area contributed by atoms with E-state index >= 15 is 0 Å². The van der Waals surface area contributed by atoms with Gasteiger partial charge in [-0.05, 0) is 74.6 Å². The van der Waals surface area contributed by atoms with Gasteiger partial charge in [0, 0.05) is 10.8 Å². The molecule has 4 fully saturated rings. The third kappa shape index (κ3) is 1.96. The molecule has 0 radical (unpaired) electrons. The average molecular weight is 370 g/mol. The Morgan fingerprint density at radius 2 is 1.14 bits per heavy atom. The molecule has 2 aromatic heterocycles. The second-order valence-electron chi connectivity index (χ2n) is 9.50. The maximum absolute atomic E-state index is 6.33. The van der Waals surface area contributed by atoms with E-state index in [9.17, 15) is 0 Å². The van der Waals surface area contributed by atoms with Gasteiger partial charge >= 0.3 is 0 Å². The summed E-state index contributed by atoms with van der Waals surface area (Å²) >= 11 is 0. The van der Waals surface area contributed by atoms with E-state index in [2.05, 4.69) is 12.1 Å². The molecule has 140 valence electrons. The van der Waals surface area contributed by atoms with Gasteiger partial charge in [0.1, 0.15) is 11.0 Å². The van der Waals surface area contributed by atoms with E-state index in [0.717, 1.165) is 40.4 Å². The van der Waals surface area contributed by atoms with Crippen LogP contribution in [0.2, 0.25) is 0 Å². The van der Waals surface area contributed by atoms with Gasteiger partial charge in [0.05, 0.1) is 0 Å². The van der Waals surface area contributed by atoms with Crippen LogP contribution in [0, 0.1) is 11.8 Å². The largest absolute Gasteiger partial charge is 0.440 e. The molecule has 0 amide bonds. The summed E-state index contributed by atoms with van der Waals surface area (Å²) in [5.41, 5.74) is 3.83. The van der Waals surface area contributed by atoms with Crippen molar-refractivity contribution in [3.8, 4) is 0 Å². The molecule has 4 aliphatic rings. The summed E-state index contributed by atoms with van der Waals surface area (Å²) < 4.78 is 12.7. The van der Waals surface area contributed by atoms with Crippen LogP contribution >= 0.6 is 0 Å². The second-order valence-corrected chi connectivity index (χ2v) is 9.50. The predicted octanol–water partition coefficient (Wildman–Crippen LogP) is 5.76. The number of aromatic nitrogens is 2. The summed E-state index contributed by atoms with van der Waals surface area (Å²) in [5, 5.41) is 0. The Morgan fingerprint density at radius 3 is 1.61 bits per heavy atom. The summed E-state index contributed by atoms with van der Waals surface area (Å²) in [6.07, 6.45) is 7.16. The Kier molecular flexibility index (Phi) is 2.76. The van der Waals surface area contributed by atoms with Crippen LogP contribution < -0.4 is 0 Å². The van der Waals surface area contributed by atoms with Gasteiger partial charge in [-0.15, -0.1) is 0 Å². The number of para-hydroxylation sites is 4. The van der Waals surface area contributed by atoms with Crippen molar-refractivity contribution in [3.63, 3.8) is 0 Å². The summed E-state index contributed by atoms with van der Waals surface area (Å²) in [5.74, 6) is 3.32. The van der Waals surface area contributed by atoms with Crippen molar-refractivity contribution in [2.24, 2.45) is 11.8 Å². The number of rotatable bonds is 2. The molecule has 2 heterocycles. The fraction of sp³-hybridized carbons (Fsp3) is 0.417. The van der Waals surface area contributed by atoms with E-state index in [4.69, 9.17) is 18.8 Å². The molecule has 4 aromatic rings. The van der Waals surface area contributed by atoms with Gasteiger partial charge < -0.3 is 8.83 Å². The van der Waals surface area contributed by atoms with Crippen LogP contribution in [0.15, 0.2) is 57.4 Å². The van der Waals surface area contributed by atoms with E-state index in [-0.39, 0.29) is 10.8 Å². The highest BCUT2D eigenvalue weighted by molar-refractivity contribution is 5.73. The predicted molar refractivity (Wildman–Crippen MR) is 106 cm³/mol. The molecule has 4 heteroatoms. The molecule has 0 saturated heterocycles. The lowest BCUT2D eigenvalue weighted by Crippen LogP contribution is -2.56. The van der Waals surface area contributed by atoms with Crippen LogP contribution in [-0.4, -0.2) is 9.97 Å². The van der Waals surface area contributed by atoms with Crippen molar-refractivity contribution in [2.45, 2.75) is 49.4 Å². The van der Waals surface area contributed by atoms with Crippen molar-refractivity contribution in [2.75, 3.05) is 0 Å². The second kappa shape index (κ2) is 5.05. The fourth-order valence-corrected chi connectivity index (χ4v) is 6.96. The molecule has 8 rings (SSSR count). The molecule has 0 N–H and O–H groups in total. The number of oxazole rings is 2. The van der Waals surface area contributed by atoms with Gasteiger partial charge in [-0.2, -0.15) is 0 Å². The molecule has 4 nitrogen and oxygen atoms in total. The van der Waals surface area contributed by atoms with E-state index in [0.29, 0.717) is 11.8 Å². The van der Waals surface area contributed by atoms with Gasteiger partial charge in [0.25, 0.3) is 0 Å². The lowest BCUT2D eigenvalue weighted by molar-refractivity contribution is -0.0483. The molecule has 0 spiro atoms. The maximum Gasteiger partial charge on any atom is 0.201 e. The fourth-order valence-electron chi connectivity index (χ4n) is 6.96. The zero-order chi connectivity index (χ0) is 18.3. The lowest BCUT2D eigenvalue weighted by Gasteiger charge is -2.59. The van der Waals surface area contributed by atoms with Crippen LogP contribution in [0.25, 0.3) is 22.2 Å². The number of hydrogen-bond acceptors (Lipinski definition) is 4. The van der Waals surface area contributed by atoms with Gasteiger partial charge in [-0.1, -0.05) is 24.3 Å². The number of fused-ring (bicyclic) bond motifs is 2. The average Bonchev–Trinajstić information content (AvgIpc) is 3.32. The van der Waals surface area contributed by atoms with Gasteiger partial charge in [-0.3, -0.25) is 0 Å². The van der Waals surface area contributed by atoms with Crippen LogP contribution in [0.3, 0.4) is 0 Å². The monoisotopic (exact) mass is 370 g/mol. The minimum absolute atomic E-state index is 0.0315. The summed E-state index contributed by atoms with van der Waals surface area (Å²) in [7, 11) is 0. The molecule has 0 atom stereocenters. The number of benzene rings is 2. The van der Waals surface area contributed by atoms with Crippen LogP contribution in [0.4, 0.5) is 0 Å². The van der Waals surface area contributed by atoms with Crippen molar-refractivity contribution < 1.29 is 8.83 Å². The Morgan fingerprint density at radius 1 is 0.679 bits per heavy atom. The third-order valence-electron chi connectivity index (χ3n) is 7.56. The lowest BCUT2D eigenvalue weighted by atomic mass is 9.44. The zero-order valence-corrected chi connectivity index (χ0v) is 15.7. The smallest absolute Gasteiger partial charge is 0.201 e. The number of nitrogens with zero attached hydrogens (tertiary/aromatic N) is 2. The van der Waals surface area contributed by atoms with Crippen molar-refractivity contribution >= 4 is 22.2 Å². The minimum Gasteiger partial charge on any atom is -0.440 e. The van der Waals surface area contributed by atoms with Crippen LogP contribution in [0.1, 0.15) is 50.3 Å². The standard InChI is InChI=1S/C24H22N2O2/c1-3-7-19-17(5-1)25-21(27-19)23-10-15-9-16(11-23)13-24(12-15,14-23)22-26-18-6-2-4-8-20(18)28-22/h1-8,15-16H,9-14H2. The Hall–Kier alpha value is -2.62. The first-order valence-corrected chi connectivity index (χ1v) is 10.4. The Labute approximate surface area is 163 Å². The van der Waals surface area contributed by atoms with Gasteiger partial charge in [0.2, 0.25) is 11.8 Å². The first-order valence-electron chi connectivity index (χ1n) is 10.4. The zero-order valence-electron chi connectivity index (χ0n) is 15.7. The minimum atomic E-state index is 0.0315. The van der Waals surface area contributed by atoms with E-state index in [1.165, 1.54) is 32.1 Å². The van der Waals surface area contributed by atoms with Crippen molar-refractivity contribution in [1.82, 2.24) is 9.97 Å². The van der Waals surface area contributed by atoms with E-state index in [1.807, 2.05) is 36.4 Å². The molecule has 4 aliphatic carbocycles. The molecule has 4 bridgehead atoms. The van der Waals surface area contributed by atoms with Crippen LogP contribution in [-0.2, 0) is 10.8 Å². The molecule has 0 unspecified atom stereocenters. The molecule has 0 aliphatic heterocycles. The quantitative estimate of drug-likeness (QED) is 0.450. The highest BCUT2D eigenvalue weighted by Gasteiger charge is 2.62. The van der Waals surface area contributed by atoms with Crippen molar-refractivity contribution in [1.29, 1.82) is 0 Å². The maximum atomic E-state index is 6.33. The summed E-state index contributed by atoms with van der Waals surface area (Å²) in [6.45, 7) is 0. The highest BCUT2D eigenvalue weighted by atomic mass is 16.4. The molecule has 2 aromatic carbocycles. The van der Waals surface area contributed by atoms with Crippen LogP contribution in [0.5, 0.6) is 0 Å². The van der Waals surface area contributed by atoms with E-state index in [1.54, 1.807) is 0 Å². The molecule has 28 heavy (non-hydrogen) atoms. The highest BCUT2D eigenvalue weighted by Crippen LogP contribution is 2.66. The third-order valence-corrected chi connectivity index (χ3v) is 7.56. The van der Waals surface area contributed by atoms with Gasteiger partial charge in [0.15, 0.2) is 11.2 Å². The van der Waals surface area contributed by atoms with Crippen molar-refractivity contribution in [3.05, 3.63) is 60.3 Å².